The molecule has 0 fully saturated rings. The number of rotatable bonds is 5. The van der Waals surface area contributed by atoms with Crippen LogP contribution in [0.25, 0.3) is 0 Å². The molecule has 0 aliphatic carbocycles. The Morgan fingerprint density at radius 3 is 2.69 bits per heavy atom. The number of hydrogen-bond acceptors (Lipinski definition) is 5. The second kappa shape index (κ2) is 7.67. The van der Waals surface area contributed by atoms with Crippen molar-refractivity contribution in [3.8, 4) is 11.6 Å². The highest BCUT2D eigenvalue weighted by molar-refractivity contribution is 6.05. The van der Waals surface area contributed by atoms with Gasteiger partial charge in [-0.05, 0) is 48.9 Å². The highest BCUT2D eigenvalue weighted by atomic mass is 16.5. The van der Waals surface area contributed by atoms with Crippen molar-refractivity contribution in [1.82, 2.24) is 4.98 Å². The number of para-hydroxylation sites is 2. The van der Waals surface area contributed by atoms with E-state index in [1.807, 2.05) is 25.1 Å². The number of nitrogens with two attached hydrogens (primary N) is 2. The number of aromatic nitrogens is 1. The van der Waals surface area contributed by atoms with Crippen LogP contribution in [0.5, 0.6) is 11.6 Å². The SMILES string of the molecule is Cc1cc(CN)cc(Oc2cccc(C(=O)Nc3ccccc3N)c2)n1. The molecule has 0 bridgehead atoms. The number of amides is 1. The standard InChI is InChI=1S/C20H20N4O2/c1-13-9-14(12-21)10-19(23-13)26-16-6-4-5-15(11-16)20(25)24-18-8-3-2-7-17(18)22/h2-11H,12,21-22H2,1H3,(H,24,25). The molecule has 0 atom stereocenters. The van der Waals surface area contributed by atoms with E-state index in [1.165, 1.54) is 0 Å². The Labute approximate surface area is 151 Å². The number of carbonyl (C=O) groups excluding carboxylic acids is 1. The van der Waals surface area contributed by atoms with Crippen molar-refractivity contribution in [2.24, 2.45) is 5.73 Å². The van der Waals surface area contributed by atoms with Crippen molar-refractivity contribution in [3.63, 3.8) is 0 Å². The van der Waals surface area contributed by atoms with Gasteiger partial charge in [-0.2, -0.15) is 0 Å². The monoisotopic (exact) mass is 348 g/mol. The molecule has 1 amide bonds. The Hall–Kier alpha value is -3.38. The molecule has 6 heteroatoms. The lowest BCUT2D eigenvalue weighted by atomic mass is 10.2. The Bertz CT molecular complexity index is 941. The first-order chi connectivity index (χ1) is 12.5. The molecule has 0 aliphatic heterocycles. The maximum absolute atomic E-state index is 12.5. The highest BCUT2D eigenvalue weighted by Gasteiger charge is 2.10. The number of anilines is 2. The van der Waals surface area contributed by atoms with Crippen LogP contribution in [-0.4, -0.2) is 10.9 Å². The van der Waals surface area contributed by atoms with E-state index >= 15 is 0 Å². The minimum absolute atomic E-state index is 0.270. The number of nitrogens with one attached hydrogen (secondary N) is 1. The second-order valence-corrected chi connectivity index (χ2v) is 5.83. The van der Waals surface area contributed by atoms with Gasteiger partial charge in [-0.1, -0.05) is 18.2 Å². The average molecular weight is 348 g/mol. The molecule has 0 saturated heterocycles. The number of pyridine rings is 1. The van der Waals surface area contributed by atoms with Gasteiger partial charge >= 0.3 is 0 Å². The molecule has 0 radical (unpaired) electrons. The molecule has 1 heterocycles. The number of carbonyl (C=O) groups is 1. The predicted octanol–water partition coefficient (Wildman–Crippen LogP) is 3.48. The summed E-state index contributed by atoms with van der Waals surface area (Å²) in [6.07, 6.45) is 0. The van der Waals surface area contributed by atoms with Gasteiger partial charge in [0.1, 0.15) is 5.75 Å². The Balaban J connectivity index is 1.79. The van der Waals surface area contributed by atoms with Crippen LogP contribution >= 0.6 is 0 Å². The predicted molar refractivity (Wildman–Crippen MR) is 102 cm³/mol. The lowest BCUT2D eigenvalue weighted by Gasteiger charge is -2.10. The normalized spacial score (nSPS) is 10.4. The van der Waals surface area contributed by atoms with E-state index in [0.717, 1.165) is 11.3 Å². The van der Waals surface area contributed by atoms with E-state index in [9.17, 15) is 4.79 Å². The third-order valence-corrected chi connectivity index (χ3v) is 3.75. The fraction of sp³-hybridized carbons (Fsp3) is 0.100. The molecule has 2 aromatic carbocycles. The number of benzene rings is 2. The number of nitrogen functional groups attached to an aromatic ring is 1. The molecule has 6 nitrogen and oxygen atoms in total. The minimum atomic E-state index is -0.270. The van der Waals surface area contributed by atoms with Crippen molar-refractivity contribution >= 4 is 17.3 Å². The highest BCUT2D eigenvalue weighted by Crippen LogP contribution is 2.23. The van der Waals surface area contributed by atoms with E-state index in [0.29, 0.717) is 35.1 Å². The fourth-order valence-electron chi connectivity index (χ4n) is 2.50. The fourth-order valence-corrected chi connectivity index (χ4v) is 2.50. The van der Waals surface area contributed by atoms with Crippen LogP contribution in [-0.2, 0) is 6.54 Å². The summed E-state index contributed by atoms with van der Waals surface area (Å²) in [5, 5.41) is 2.79. The van der Waals surface area contributed by atoms with Gasteiger partial charge in [0, 0.05) is 23.9 Å². The molecule has 0 aliphatic rings. The summed E-state index contributed by atoms with van der Waals surface area (Å²) < 4.78 is 5.80. The maximum Gasteiger partial charge on any atom is 0.255 e. The van der Waals surface area contributed by atoms with Crippen molar-refractivity contribution in [1.29, 1.82) is 0 Å². The first kappa shape index (κ1) is 17.4. The van der Waals surface area contributed by atoms with Crippen LogP contribution in [0.2, 0.25) is 0 Å². The minimum Gasteiger partial charge on any atom is -0.439 e. The molecule has 0 unspecified atom stereocenters. The topological polar surface area (TPSA) is 103 Å². The summed E-state index contributed by atoms with van der Waals surface area (Å²) in [5.41, 5.74) is 14.8. The van der Waals surface area contributed by atoms with Gasteiger partial charge in [0.2, 0.25) is 5.88 Å². The van der Waals surface area contributed by atoms with Crippen molar-refractivity contribution in [2.75, 3.05) is 11.1 Å². The van der Waals surface area contributed by atoms with Gasteiger partial charge in [0.15, 0.2) is 0 Å². The van der Waals surface area contributed by atoms with Crippen LogP contribution in [0.4, 0.5) is 11.4 Å². The number of ether oxygens (including phenoxy) is 1. The quantitative estimate of drug-likeness (QED) is 0.613. The second-order valence-electron chi connectivity index (χ2n) is 5.83. The van der Waals surface area contributed by atoms with Gasteiger partial charge in [-0.3, -0.25) is 4.79 Å². The molecule has 0 saturated carbocycles. The molecular weight excluding hydrogens is 328 g/mol. The van der Waals surface area contributed by atoms with Crippen molar-refractivity contribution in [2.45, 2.75) is 13.5 Å². The summed E-state index contributed by atoms with van der Waals surface area (Å²) in [4.78, 5) is 16.8. The Kier molecular flexibility index (Phi) is 5.15. The zero-order valence-corrected chi connectivity index (χ0v) is 14.4. The molecule has 3 aromatic rings. The van der Waals surface area contributed by atoms with Crippen LogP contribution in [0, 0.1) is 6.92 Å². The lowest BCUT2D eigenvalue weighted by Crippen LogP contribution is -2.13. The Morgan fingerprint density at radius 2 is 1.92 bits per heavy atom. The van der Waals surface area contributed by atoms with Gasteiger partial charge in [-0.15, -0.1) is 0 Å². The van der Waals surface area contributed by atoms with Crippen LogP contribution in [0.3, 0.4) is 0 Å². The zero-order chi connectivity index (χ0) is 18.5. The maximum atomic E-state index is 12.5. The van der Waals surface area contributed by atoms with Crippen molar-refractivity contribution < 1.29 is 9.53 Å². The molecule has 26 heavy (non-hydrogen) atoms. The smallest absolute Gasteiger partial charge is 0.255 e. The summed E-state index contributed by atoms with van der Waals surface area (Å²) in [6.45, 7) is 2.28. The van der Waals surface area contributed by atoms with Gasteiger partial charge in [-0.25, -0.2) is 4.98 Å². The third-order valence-electron chi connectivity index (χ3n) is 3.75. The molecule has 1 aromatic heterocycles. The molecule has 5 N–H and O–H groups in total. The molecule has 0 spiro atoms. The number of nitrogens with zero attached hydrogens (tertiary/aromatic N) is 1. The molecule has 3 rings (SSSR count). The summed E-state index contributed by atoms with van der Waals surface area (Å²) >= 11 is 0. The summed E-state index contributed by atoms with van der Waals surface area (Å²) in [6, 6.07) is 17.7. The Morgan fingerprint density at radius 1 is 1.12 bits per heavy atom. The first-order valence-corrected chi connectivity index (χ1v) is 8.16. The van der Waals surface area contributed by atoms with E-state index < -0.39 is 0 Å². The van der Waals surface area contributed by atoms with E-state index in [4.69, 9.17) is 16.2 Å². The van der Waals surface area contributed by atoms with E-state index in [2.05, 4.69) is 10.3 Å². The number of hydrogen-bond donors (Lipinski definition) is 3. The van der Waals surface area contributed by atoms with Crippen LogP contribution in [0.15, 0.2) is 60.7 Å². The summed E-state index contributed by atoms with van der Waals surface area (Å²) in [7, 11) is 0. The first-order valence-electron chi connectivity index (χ1n) is 8.16. The lowest BCUT2D eigenvalue weighted by molar-refractivity contribution is 0.102. The largest absolute Gasteiger partial charge is 0.439 e. The van der Waals surface area contributed by atoms with Crippen molar-refractivity contribution in [3.05, 3.63) is 77.5 Å². The van der Waals surface area contributed by atoms with Crippen LogP contribution in [0.1, 0.15) is 21.6 Å². The third kappa shape index (κ3) is 4.17. The van der Waals surface area contributed by atoms with Gasteiger partial charge in [0.25, 0.3) is 5.91 Å². The summed E-state index contributed by atoms with van der Waals surface area (Å²) in [5.74, 6) is 0.684. The van der Waals surface area contributed by atoms with E-state index in [-0.39, 0.29) is 5.91 Å². The molecule has 132 valence electrons. The average Bonchev–Trinajstić information content (AvgIpc) is 2.63. The molecular formula is C20H20N4O2. The van der Waals surface area contributed by atoms with E-state index in [1.54, 1.807) is 42.5 Å². The van der Waals surface area contributed by atoms with Crippen LogP contribution < -0.4 is 21.5 Å². The van der Waals surface area contributed by atoms with Gasteiger partial charge in [0.05, 0.1) is 11.4 Å². The van der Waals surface area contributed by atoms with Gasteiger partial charge < -0.3 is 21.5 Å². The zero-order valence-electron chi connectivity index (χ0n) is 14.4. The number of aryl methyl sites for hydroxylation is 1.